The molecule has 3 rings (SSSR count). The first-order chi connectivity index (χ1) is 9.66. The fourth-order valence-corrected chi connectivity index (χ4v) is 3.75. The first-order valence-electron chi connectivity index (χ1n) is 6.54. The maximum absolute atomic E-state index is 6.40. The van der Waals surface area contributed by atoms with Gasteiger partial charge in [-0.05, 0) is 40.5 Å². The topological polar surface area (TPSA) is 0 Å². The van der Waals surface area contributed by atoms with Gasteiger partial charge in [0.15, 0.2) is 0 Å². The summed E-state index contributed by atoms with van der Waals surface area (Å²) in [6.07, 6.45) is 0. The lowest BCUT2D eigenvalue weighted by molar-refractivity contribution is 1.19. The number of rotatable bonds is 2. The first kappa shape index (κ1) is 13.7. The van der Waals surface area contributed by atoms with Gasteiger partial charge in [0.05, 0.1) is 4.83 Å². The Hall–Kier alpha value is -1.31. The van der Waals surface area contributed by atoms with Crippen molar-refractivity contribution in [3.05, 3.63) is 82.4 Å². The lowest BCUT2D eigenvalue weighted by atomic mass is 9.98. The van der Waals surface area contributed by atoms with E-state index in [0.717, 1.165) is 10.6 Å². The summed E-state index contributed by atoms with van der Waals surface area (Å²) in [5.74, 6) is 0. The number of halogens is 2. The minimum Gasteiger partial charge on any atom is -0.0840 e. The highest BCUT2D eigenvalue weighted by molar-refractivity contribution is 9.09. The predicted octanol–water partition coefficient (Wildman–Crippen LogP) is 6.29. The molecule has 100 valence electrons. The van der Waals surface area contributed by atoms with Crippen molar-refractivity contribution in [2.24, 2.45) is 0 Å². The Labute approximate surface area is 132 Å². The standard InChI is InChI=1S/C18H14BrCl/c1-12-9-10-16(17(20)11-12)18(19)15-8-4-6-13-5-2-3-7-14(13)15/h2-11,18H,1H3. The maximum Gasteiger partial charge on any atom is 0.0665 e. The van der Waals surface area contributed by atoms with Crippen LogP contribution >= 0.6 is 27.5 Å². The Morgan fingerprint density at radius 1 is 0.900 bits per heavy atom. The summed E-state index contributed by atoms with van der Waals surface area (Å²) in [5, 5.41) is 3.31. The van der Waals surface area contributed by atoms with Crippen LogP contribution in [0, 0.1) is 6.92 Å². The summed E-state index contributed by atoms with van der Waals surface area (Å²) < 4.78 is 0. The molecule has 0 bridgehead atoms. The molecule has 0 radical (unpaired) electrons. The molecule has 0 saturated carbocycles. The van der Waals surface area contributed by atoms with Gasteiger partial charge in [-0.2, -0.15) is 0 Å². The van der Waals surface area contributed by atoms with Crippen molar-refractivity contribution in [2.45, 2.75) is 11.8 Å². The average Bonchev–Trinajstić information content (AvgIpc) is 2.46. The fourth-order valence-electron chi connectivity index (χ4n) is 2.48. The highest BCUT2D eigenvalue weighted by Gasteiger charge is 2.15. The van der Waals surface area contributed by atoms with Gasteiger partial charge in [0.25, 0.3) is 0 Å². The molecule has 0 aliphatic rings. The molecule has 0 N–H and O–H groups in total. The van der Waals surface area contributed by atoms with E-state index in [4.69, 9.17) is 11.6 Å². The van der Waals surface area contributed by atoms with E-state index >= 15 is 0 Å². The molecule has 0 aliphatic heterocycles. The highest BCUT2D eigenvalue weighted by atomic mass is 79.9. The highest BCUT2D eigenvalue weighted by Crippen LogP contribution is 2.38. The van der Waals surface area contributed by atoms with E-state index in [0.29, 0.717) is 0 Å². The van der Waals surface area contributed by atoms with Crippen LogP contribution in [0.25, 0.3) is 10.8 Å². The third-order valence-corrected chi connectivity index (χ3v) is 4.84. The Morgan fingerprint density at radius 2 is 1.65 bits per heavy atom. The lowest BCUT2D eigenvalue weighted by Crippen LogP contribution is -1.95. The molecule has 20 heavy (non-hydrogen) atoms. The zero-order valence-electron chi connectivity index (χ0n) is 11.1. The first-order valence-corrected chi connectivity index (χ1v) is 7.84. The Bertz CT molecular complexity index is 759. The van der Waals surface area contributed by atoms with Crippen LogP contribution < -0.4 is 0 Å². The van der Waals surface area contributed by atoms with Gasteiger partial charge >= 0.3 is 0 Å². The Morgan fingerprint density at radius 3 is 2.45 bits per heavy atom. The van der Waals surface area contributed by atoms with Crippen LogP contribution in [-0.2, 0) is 0 Å². The second-order valence-corrected chi connectivity index (χ2v) is 6.28. The molecule has 0 nitrogen and oxygen atoms in total. The molecule has 3 aromatic rings. The van der Waals surface area contributed by atoms with Crippen molar-refractivity contribution in [1.82, 2.24) is 0 Å². The third kappa shape index (κ3) is 2.48. The van der Waals surface area contributed by atoms with E-state index in [1.807, 2.05) is 6.07 Å². The third-order valence-electron chi connectivity index (χ3n) is 3.53. The summed E-state index contributed by atoms with van der Waals surface area (Å²) in [6.45, 7) is 2.05. The van der Waals surface area contributed by atoms with Crippen LogP contribution in [0.5, 0.6) is 0 Å². The molecular formula is C18H14BrCl. The Kier molecular flexibility index (Phi) is 3.82. The Balaban J connectivity index is 2.15. The van der Waals surface area contributed by atoms with E-state index in [2.05, 4.69) is 77.5 Å². The molecule has 0 heterocycles. The molecule has 0 fully saturated rings. The molecule has 2 heteroatoms. The van der Waals surface area contributed by atoms with Crippen molar-refractivity contribution in [1.29, 1.82) is 0 Å². The van der Waals surface area contributed by atoms with Crippen molar-refractivity contribution in [3.8, 4) is 0 Å². The summed E-state index contributed by atoms with van der Waals surface area (Å²) in [7, 11) is 0. The van der Waals surface area contributed by atoms with Gasteiger partial charge in [0, 0.05) is 5.02 Å². The molecule has 1 unspecified atom stereocenters. The summed E-state index contributed by atoms with van der Waals surface area (Å²) in [5.41, 5.74) is 3.53. The van der Waals surface area contributed by atoms with Crippen LogP contribution in [0.1, 0.15) is 21.5 Å². The largest absolute Gasteiger partial charge is 0.0840 e. The number of benzene rings is 3. The van der Waals surface area contributed by atoms with Gasteiger partial charge < -0.3 is 0 Å². The van der Waals surface area contributed by atoms with Crippen molar-refractivity contribution >= 4 is 38.3 Å². The second kappa shape index (κ2) is 5.59. The van der Waals surface area contributed by atoms with Crippen LogP contribution in [-0.4, -0.2) is 0 Å². The number of hydrogen-bond donors (Lipinski definition) is 0. The smallest absolute Gasteiger partial charge is 0.0665 e. The van der Waals surface area contributed by atoms with E-state index in [1.54, 1.807) is 0 Å². The number of fused-ring (bicyclic) bond motifs is 1. The van der Waals surface area contributed by atoms with Crippen LogP contribution in [0.3, 0.4) is 0 Å². The molecule has 3 aromatic carbocycles. The zero-order valence-corrected chi connectivity index (χ0v) is 13.4. The van der Waals surface area contributed by atoms with Crippen LogP contribution in [0.15, 0.2) is 60.7 Å². The van der Waals surface area contributed by atoms with E-state index in [-0.39, 0.29) is 4.83 Å². The molecule has 0 spiro atoms. The van der Waals surface area contributed by atoms with E-state index < -0.39 is 0 Å². The SMILES string of the molecule is Cc1ccc(C(Br)c2cccc3ccccc23)c(Cl)c1. The van der Waals surface area contributed by atoms with E-state index in [9.17, 15) is 0 Å². The minimum absolute atomic E-state index is 0.0988. The van der Waals surface area contributed by atoms with Gasteiger partial charge in [0.1, 0.15) is 0 Å². The number of aryl methyl sites for hydroxylation is 1. The summed E-state index contributed by atoms with van der Waals surface area (Å²) >= 11 is 10.2. The molecule has 1 atom stereocenters. The molecular weight excluding hydrogens is 332 g/mol. The lowest BCUT2D eigenvalue weighted by Gasteiger charge is -2.15. The van der Waals surface area contributed by atoms with Crippen molar-refractivity contribution in [2.75, 3.05) is 0 Å². The summed E-state index contributed by atoms with van der Waals surface area (Å²) in [6, 6.07) is 21.0. The van der Waals surface area contributed by atoms with Crippen molar-refractivity contribution in [3.63, 3.8) is 0 Å². The van der Waals surface area contributed by atoms with E-state index in [1.165, 1.54) is 21.9 Å². The van der Waals surface area contributed by atoms with Crippen molar-refractivity contribution < 1.29 is 0 Å². The fraction of sp³-hybridized carbons (Fsp3) is 0.111. The molecule has 0 saturated heterocycles. The monoisotopic (exact) mass is 344 g/mol. The van der Waals surface area contributed by atoms with Crippen LogP contribution in [0.2, 0.25) is 5.02 Å². The second-order valence-electron chi connectivity index (χ2n) is 4.96. The molecule has 0 aromatic heterocycles. The van der Waals surface area contributed by atoms with Crippen LogP contribution in [0.4, 0.5) is 0 Å². The van der Waals surface area contributed by atoms with Gasteiger partial charge in [-0.3, -0.25) is 0 Å². The predicted molar refractivity (Wildman–Crippen MR) is 90.9 cm³/mol. The van der Waals surface area contributed by atoms with Gasteiger partial charge in [-0.1, -0.05) is 82.1 Å². The molecule has 0 amide bonds. The zero-order chi connectivity index (χ0) is 14.1. The average molecular weight is 346 g/mol. The normalized spacial score (nSPS) is 12.6. The molecule has 0 aliphatic carbocycles. The number of alkyl halides is 1. The maximum atomic E-state index is 6.40. The van der Waals surface area contributed by atoms with Gasteiger partial charge in [0.2, 0.25) is 0 Å². The number of hydrogen-bond acceptors (Lipinski definition) is 0. The van der Waals surface area contributed by atoms with Gasteiger partial charge in [-0.25, -0.2) is 0 Å². The summed E-state index contributed by atoms with van der Waals surface area (Å²) in [4.78, 5) is 0.0988. The quantitative estimate of drug-likeness (QED) is 0.479. The van der Waals surface area contributed by atoms with Gasteiger partial charge in [-0.15, -0.1) is 0 Å². The minimum atomic E-state index is 0.0988.